The van der Waals surface area contributed by atoms with Crippen LogP contribution >= 0.6 is 11.8 Å². The number of carbonyl (C=O) groups excluding carboxylic acids is 1. The molecule has 0 fully saturated rings. The molecule has 0 radical (unpaired) electrons. The number of aliphatic carboxylic acids is 1. The Morgan fingerprint density at radius 1 is 1.30 bits per heavy atom. The fourth-order valence-electron chi connectivity index (χ4n) is 1.86. The maximum atomic E-state index is 11.7. The SMILES string of the molecule is CSCCC(NC(=O)CCCc1ccccc1)C(=O)O. The molecule has 0 aliphatic heterocycles. The fourth-order valence-corrected chi connectivity index (χ4v) is 2.33. The van der Waals surface area contributed by atoms with Gasteiger partial charge in [0.25, 0.3) is 0 Å². The van der Waals surface area contributed by atoms with Crippen molar-refractivity contribution in [2.75, 3.05) is 12.0 Å². The number of benzene rings is 1. The molecular formula is C15H21NO3S. The van der Waals surface area contributed by atoms with Gasteiger partial charge >= 0.3 is 5.97 Å². The Hall–Kier alpha value is -1.49. The summed E-state index contributed by atoms with van der Waals surface area (Å²) in [7, 11) is 0. The highest BCUT2D eigenvalue weighted by Crippen LogP contribution is 2.06. The lowest BCUT2D eigenvalue weighted by Crippen LogP contribution is -2.41. The standard InChI is InChI=1S/C15H21NO3S/c1-20-11-10-13(15(18)19)16-14(17)9-5-8-12-6-3-2-4-7-12/h2-4,6-7,13H,5,8-11H2,1H3,(H,16,17)(H,18,19). The highest BCUT2D eigenvalue weighted by molar-refractivity contribution is 7.98. The van der Waals surface area contributed by atoms with Gasteiger partial charge in [-0.15, -0.1) is 0 Å². The number of carboxylic acid groups (broad SMARTS) is 1. The lowest BCUT2D eigenvalue weighted by Gasteiger charge is -2.13. The summed E-state index contributed by atoms with van der Waals surface area (Å²) in [6.07, 6.45) is 4.29. The molecule has 0 aliphatic rings. The number of carbonyl (C=O) groups is 2. The summed E-state index contributed by atoms with van der Waals surface area (Å²) < 4.78 is 0. The molecule has 0 bridgehead atoms. The van der Waals surface area contributed by atoms with Crippen LogP contribution in [0, 0.1) is 0 Å². The maximum Gasteiger partial charge on any atom is 0.326 e. The first-order valence-corrected chi connectivity index (χ1v) is 8.08. The van der Waals surface area contributed by atoms with Crippen LogP contribution in [-0.2, 0) is 16.0 Å². The van der Waals surface area contributed by atoms with Crippen LogP contribution in [0.15, 0.2) is 30.3 Å². The van der Waals surface area contributed by atoms with Crippen molar-refractivity contribution in [2.24, 2.45) is 0 Å². The third-order valence-electron chi connectivity index (χ3n) is 2.96. The molecule has 2 N–H and O–H groups in total. The minimum atomic E-state index is -0.963. The first kappa shape index (κ1) is 16.6. The van der Waals surface area contributed by atoms with Gasteiger partial charge in [0, 0.05) is 6.42 Å². The zero-order valence-electron chi connectivity index (χ0n) is 11.7. The predicted octanol–water partition coefficient (Wildman–Crippen LogP) is 2.33. The van der Waals surface area contributed by atoms with Crippen molar-refractivity contribution in [3.63, 3.8) is 0 Å². The molecule has 1 aromatic rings. The number of thioether (sulfide) groups is 1. The van der Waals surface area contributed by atoms with Crippen LogP contribution in [-0.4, -0.2) is 35.0 Å². The third-order valence-corrected chi connectivity index (χ3v) is 3.60. The van der Waals surface area contributed by atoms with Gasteiger partial charge in [-0.2, -0.15) is 11.8 Å². The second-order valence-electron chi connectivity index (χ2n) is 4.58. The Bertz CT molecular complexity index is 422. The van der Waals surface area contributed by atoms with Crippen molar-refractivity contribution < 1.29 is 14.7 Å². The number of aryl methyl sites for hydroxylation is 1. The number of nitrogens with one attached hydrogen (secondary N) is 1. The Labute approximate surface area is 124 Å². The molecule has 0 aromatic heterocycles. The summed E-state index contributed by atoms with van der Waals surface area (Å²) in [6, 6.07) is 9.18. The molecule has 0 saturated carbocycles. The number of hydrogen-bond acceptors (Lipinski definition) is 3. The minimum Gasteiger partial charge on any atom is -0.480 e. The number of carboxylic acids is 1. The van der Waals surface area contributed by atoms with Gasteiger partial charge in [0.2, 0.25) is 5.91 Å². The average Bonchev–Trinajstić information content (AvgIpc) is 2.44. The Balaban J connectivity index is 2.29. The number of rotatable bonds is 9. The van der Waals surface area contributed by atoms with E-state index in [4.69, 9.17) is 5.11 Å². The predicted molar refractivity (Wildman–Crippen MR) is 81.9 cm³/mol. The molecule has 110 valence electrons. The highest BCUT2D eigenvalue weighted by Gasteiger charge is 2.18. The van der Waals surface area contributed by atoms with Crippen molar-refractivity contribution in [3.8, 4) is 0 Å². The monoisotopic (exact) mass is 295 g/mol. The van der Waals surface area contributed by atoms with E-state index in [1.54, 1.807) is 11.8 Å². The normalized spacial score (nSPS) is 11.8. The number of hydrogen-bond donors (Lipinski definition) is 2. The Morgan fingerprint density at radius 3 is 2.60 bits per heavy atom. The lowest BCUT2D eigenvalue weighted by atomic mass is 10.1. The van der Waals surface area contributed by atoms with E-state index in [2.05, 4.69) is 5.32 Å². The van der Waals surface area contributed by atoms with Crippen LogP contribution in [0.2, 0.25) is 0 Å². The molecule has 0 aliphatic carbocycles. The van der Waals surface area contributed by atoms with E-state index in [9.17, 15) is 9.59 Å². The third kappa shape index (κ3) is 6.61. The molecule has 1 unspecified atom stereocenters. The van der Waals surface area contributed by atoms with E-state index in [0.29, 0.717) is 12.8 Å². The summed E-state index contributed by atoms with van der Waals surface area (Å²) in [4.78, 5) is 22.7. The van der Waals surface area contributed by atoms with Crippen LogP contribution in [0.4, 0.5) is 0 Å². The maximum absolute atomic E-state index is 11.7. The summed E-state index contributed by atoms with van der Waals surface area (Å²) in [5, 5.41) is 11.6. The van der Waals surface area contributed by atoms with Crippen LogP contribution in [0.3, 0.4) is 0 Å². The molecule has 0 spiro atoms. The smallest absolute Gasteiger partial charge is 0.326 e. The molecule has 4 nitrogen and oxygen atoms in total. The van der Waals surface area contributed by atoms with Gasteiger partial charge in [0.15, 0.2) is 0 Å². The van der Waals surface area contributed by atoms with Crippen molar-refractivity contribution in [3.05, 3.63) is 35.9 Å². The van der Waals surface area contributed by atoms with Crippen LogP contribution in [0.1, 0.15) is 24.8 Å². The average molecular weight is 295 g/mol. The first-order valence-electron chi connectivity index (χ1n) is 6.68. The minimum absolute atomic E-state index is 0.186. The van der Waals surface area contributed by atoms with Gasteiger partial charge in [-0.1, -0.05) is 30.3 Å². The zero-order chi connectivity index (χ0) is 14.8. The molecule has 1 aromatic carbocycles. The molecule has 1 amide bonds. The second kappa shape index (κ2) is 9.42. The van der Waals surface area contributed by atoms with Crippen molar-refractivity contribution in [1.29, 1.82) is 0 Å². The summed E-state index contributed by atoms with van der Waals surface area (Å²) in [5.74, 6) is -0.425. The van der Waals surface area contributed by atoms with E-state index in [0.717, 1.165) is 18.6 Å². The van der Waals surface area contributed by atoms with Crippen LogP contribution < -0.4 is 5.32 Å². The van der Waals surface area contributed by atoms with Crippen LogP contribution in [0.25, 0.3) is 0 Å². The number of amides is 1. The fraction of sp³-hybridized carbons (Fsp3) is 0.467. The van der Waals surface area contributed by atoms with Crippen molar-refractivity contribution in [2.45, 2.75) is 31.7 Å². The van der Waals surface area contributed by atoms with Gasteiger partial charge in [-0.05, 0) is 36.8 Å². The topological polar surface area (TPSA) is 66.4 Å². The molecule has 0 saturated heterocycles. The van der Waals surface area contributed by atoms with E-state index < -0.39 is 12.0 Å². The summed E-state index contributed by atoms with van der Waals surface area (Å²) in [6.45, 7) is 0. The molecule has 20 heavy (non-hydrogen) atoms. The quantitative estimate of drug-likeness (QED) is 0.734. The van der Waals surface area contributed by atoms with Crippen molar-refractivity contribution >= 4 is 23.6 Å². The highest BCUT2D eigenvalue weighted by atomic mass is 32.2. The summed E-state index contributed by atoms with van der Waals surface area (Å²) >= 11 is 1.57. The molecular weight excluding hydrogens is 274 g/mol. The van der Waals surface area contributed by atoms with E-state index >= 15 is 0 Å². The Morgan fingerprint density at radius 2 is 2.00 bits per heavy atom. The van der Waals surface area contributed by atoms with Crippen molar-refractivity contribution in [1.82, 2.24) is 5.32 Å². The lowest BCUT2D eigenvalue weighted by molar-refractivity contribution is -0.141. The van der Waals surface area contributed by atoms with Gasteiger partial charge in [0.1, 0.15) is 6.04 Å². The van der Waals surface area contributed by atoms with Gasteiger partial charge < -0.3 is 10.4 Å². The first-order chi connectivity index (χ1) is 9.63. The van der Waals surface area contributed by atoms with E-state index in [1.807, 2.05) is 36.6 Å². The molecule has 1 atom stereocenters. The van der Waals surface area contributed by atoms with E-state index in [-0.39, 0.29) is 5.91 Å². The van der Waals surface area contributed by atoms with Crippen LogP contribution in [0.5, 0.6) is 0 Å². The molecule has 5 heteroatoms. The largest absolute Gasteiger partial charge is 0.480 e. The Kier molecular flexibility index (Phi) is 7.80. The second-order valence-corrected chi connectivity index (χ2v) is 5.56. The van der Waals surface area contributed by atoms with Gasteiger partial charge in [-0.3, -0.25) is 4.79 Å². The van der Waals surface area contributed by atoms with E-state index in [1.165, 1.54) is 5.56 Å². The zero-order valence-corrected chi connectivity index (χ0v) is 12.5. The van der Waals surface area contributed by atoms with Gasteiger partial charge in [0.05, 0.1) is 0 Å². The van der Waals surface area contributed by atoms with Gasteiger partial charge in [-0.25, -0.2) is 4.79 Å². The summed E-state index contributed by atoms with van der Waals surface area (Å²) in [5.41, 5.74) is 1.19. The molecule has 0 heterocycles. The molecule has 1 rings (SSSR count).